The molecule has 1 aliphatic rings. The highest BCUT2D eigenvalue weighted by atomic mass is 16.5. The average Bonchev–Trinajstić information content (AvgIpc) is 2.98. The van der Waals surface area contributed by atoms with Gasteiger partial charge in [-0.1, -0.05) is 37.8 Å². The Hall–Kier alpha value is -2.89. The van der Waals surface area contributed by atoms with Crippen molar-refractivity contribution < 1.29 is 14.3 Å². The lowest BCUT2D eigenvalue weighted by Gasteiger charge is -2.16. The van der Waals surface area contributed by atoms with Gasteiger partial charge in [0.1, 0.15) is 11.4 Å². The molecular formula is C22H27N3O3. The first kappa shape index (κ1) is 19.9. The van der Waals surface area contributed by atoms with Crippen molar-refractivity contribution in [3.63, 3.8) is 0 Å². The van der Waals surface area contributed by atoms with Crippen LogP contribution >= 0.6 is 0 Å². The van der Waals surface area contributed by atoms with Crippen molar-refractivity contribution in [3.05, 3.63) is 53.9 Å². The monoisotopic (exact) mass is 381 g/mol. The summed E-state index contributed by atoms with van der Waals surface area (Å²) >= 11 is 0. The first-order valence-electron chi connectivity index (χ1n) is 9.97. The summed E-state index contributed by atoms with van der Waals surface area (Å²) in [6.45, 7) is 2.40. The lowest BCUT2D eigenvalue weighted by Crippen LogP contribution is -2.35. The van der Waals surface area contributed by atoms with Crippen LogP contribution in [0, 0.1) is 0 Å². The molecule has 28 heavy (non-hydrogen) atoms. The smallest absolute Gasteiger partial charge is 0.270 e. The zero-order valence-electron chi connectivity index (χ0n) is 16.2. The molecule has 6 heteroatoms. The van der Waals surface area contributed by atoms with Gasteiger partial charge in [0, 0.05) is 17.8 Å². The summed E-state index contributed by atoms with van der Waals surface area (Å²) in [5.74, 6) is 0.0769. The number of hydrogen-bond acceptors (Lipinski definition) is 4. The van der Waals surface area contributed by atoms with Crippen molar-refractivity contribution >= 4 is 17.5 Å². The SMILES string of the molecule is CCOc1ccccc1NC(=O)c1ccnc(C(=O)NC2CCCCCC2)c1. The second-order valence-corrected chi connectivity index (χ2v) is 6.98. The Morgan fingerprint density at radius 2 is 1.82 bits per heavy atom. The van der Waals surface area contributed by atoms with E-state index in [9.17, 15) is 9.59 Å². The Labute approximate surface area is 165 Å². The number of aromatic nitrogens is 1. The van der Waals surface area contributed by atoms with Crippen LogP contribution in [0.25, 0.3) is 0 Å². The third-order valence-corrected chi connectivity index (χ3v) is 4.88. The summed E-state index contributed by atoms with van der Waals surface area (Å²) in [6, 6.07) is 10.6. The molecule has 1 aromatic heterocycles. The first-order valence-corrected chi connectivity index (χ1v) is 9.97. The Bertz CT molecular complexity index is 814. The highest BCUT2D eigenvalue weighted by molar-refractivity contribution is 6.06. The van der Waals surface area contributed by atoms with E-state index in [2.05, 4.69) is 15.6 Å². The number of carbonyl (C=O) groups excluding carboxylic acids is 2. The lowest BCUT2D eigenvalue weighted by molar-refractivity contribution is 0.0928. The van der Waals surface area contributed by atoms with Gasteiger partial charge >= 0.3 is 0 Å². The molecule has 2 aromatic rings. The van der Waals surface area contributed by atoms with Crippen LogP contribution < -0.4 is 15.4 Å². The van der Waals surface area contributed by atoms with E-state index >= 15 is 0 Å². The van der Waals surface area contributed by atoms with Crippen molar-refractivity contribution in [2.45, 2.75) is 51.5 Å². The zero-order valence-corrected chi connectivity index (χ0v) is 16.2. The fourth-order valence-corrected chi connectivity index (χ4v) is 3.42. The van der Waals surface area contributed by atoms with E-state index in [0.717, 1.165) is 25.7 Å². The van der Waals surface area contributed by atoms with Crippen LogP contribution in [-0.4, -0.2) is 29.4 Å². The number of hydrogen-bond donors (Lipinski definition) is 2. The standard InChI is InChI=1S/C22H27N3O3/c1-2-28-20-12-8-7-11-18(20)25-21(26)16-13-14-23-19(15-16)22(27)24-17-9-5-3-4-6-10-17/h7-8,11-15,17H,2-6,9-10H2,1H3,(H,24,27)(H,25,26). The predicted octanol–water partition coefficient (Wildman–Crippen LogP) is 4.19. The van der Waals surface area contributed by atoms with E-state index in [-0.39, 0.29) is 23.6 Å². The maximum atomic E-state index is 12.7. The molecule has 0 bridgehead atoms. The minimum Gasteiger partial charge on any atom is -0.492 e. The van der Waals surface area contributed by atoms with Crippen molar-refractivity contribution in [3.8, 4) is 5.75 Å². The number of amides is 2. The van der Waals surface area contributed by atoms with Gasteiger partial charge in [0.2, 0.25) is 0 Å². The summed E-state index contributed by atoms with van der Waals surface area (Å²) in [6.07, 6.45) is 8.22. The van der Waals surface area contributed by atoms with Crippen LogP contribution in [-0.2, 0) is 0 Å². The summed E-state index contributed by atoms with van der Waals surface area (Å²) < 4.78 is 5.54. The van der Waals surface area contributed by atoms with Gasteiger partial charge in [-0.05, 0) is 44.0 Å². The molecule has 148 valence electrons. The Balaban J connectivity index is 1.68. The fraction of sp³-hybridized carbons (Fsp3) is 0.409. The van der Waals surface area contributed by atoms with Gasteiger partial charge in [-0.25, -0.2) is 0 Å². The molecule has 6 nitrogen and oxygen atoms in total. The molecule has 3 rings (SSSR count). The van der Waals surface area contributed by atoms with E-state index in [1.165, 1.54) is 25.1 Å². The molecule has 1 aliphatic carbocycles. The third-order valence-electron chi connectivity index (χ3n) is 4.88. The molecule has 1 saturated carbocycles. The number of anilines is 1. The number of para-hydroxylation sites is 2. The number of carbonyl (C=O) groups is 2. The topological polar surface area (TPSA) is 80.3 Å². The van der Waals surface area contributed by atoms with E-state index < -0.39 is 0 Å². The van der Waals surface area contributed by atoms with Gasteiger partial charge in [-0.15, -0.1) is 0 Å². The molecule has 0 radical (unpaired) electrons. The molecule has 1 heterocycles. The van der Waals surface area contributed by atoms with Gasteiger partial charge in [0.25, 0.3) is 11.8 Å². The molecule has 1 aromatic carbocycles. The van der Waals surface area contributed by atoms with E-state index in [0.29, 0.717) is 23.6 Å². The van der Waals surface area contributed by atoms with Crippen molar-refractivity contribution in [1.29, 1.82) is 0 Å². The molecule has 0 saturated heterocycles. The molecule has 1 fully saturated rings. The lowest BCUT2D eigenvalue weighted by atomic mass is 10.1. The molecular weight excluding hydrogens is 354 g/mol. The van der Waals surface area contributed by atoms with Crippen molar-refractivity contribution in [1.82, 2.24) is 10.3 Å². The first-order chi connectivity index (χ1) is 13.7. The van der Waals surface area contributed by atoms with E-state index in [4.69, 9.17) is 4.74 Å². The van der Waals surface area contributed by atoms with Crippen LogP contribution in [0.3, 0.4) is 0 Å². The second-order valence-electron chi connectivity index (χ2n) is 6.98. The fourth-order valence-electron chi connectivity index (χ4n) is 3.42. The summed E-state index contributed by atoms with van der Waals surface area (Å²) in [5.41, 5.74) is 1.23. The van der Waals surface area contributed by atoms with E-state index in [1.54, 1.807) is 18.2 Å². The van der Waals surface area contributed by atoms with Crippen LogP contribution in [0.15, 0.2) is 42.6 Å². The normalized spacial score (nSPS) is 14.8. The maximum absolute atomic E-state index is 12.7. The Kier molecular flexibility index (Phi) is 7.00. The molecule has 2 N–H and O–H groups in total. The van der Waals surface area contributed by atoms with Crippen molar-refractivity contribution in [2.75, 3.05) is 11.9 Å². The number of rotatable bonds is 6. The largest absolute Gasteiger partial charge is 0.492 e. The summed E-state index contributed by atoms with van der Waals surface area (Å²) in [4.78, 5) is 29.4. The number of nitrogens with one attached hydrogen (secondary N) is 2. The van der Waals surface area contributed by atoms with Gasteiger partial charge in [0.05, 0.1) is 12.3 Å². The van der Waals surface area contributed by atoms with E-state index in [1.807, 2.05) is 19.1 Å². The highest BCUT2D eigenvalue weighted by Gasteiger charge is 2.18. The van der Waals surface area contributed by atoms with Gasteiger partial charge < -0.3 is 15.4 Å². The van der Waals surface area contributed by atoms with Crippen LogP contribution in [0.1, 0.15) is 66.3 Å². The van der Waals surface area contributed by atoms with Gasteiger partial charge in [0.15, 0.2) is 0 Å². The minimum absolute atomic E-state index is 0.187. The highest BCUT2D eigenvalue weighted by Crippen LogP contribution is 2.24. The van der Waals surface area contributed by atoms with Crippen molar-refractivity contribution in [2.24, 2.45) is 0 Å². The third kappa shape index (κ3) is 5.31. The van der Waals surface area contributed by atoms with Crippen LogP contribution in [0.2, 0.25) is 0 Å². The average molecular weight is 381 g/mol. The molecule has 0 spiro atoms. The molecule has 2 amide bonds. The van der Waals surface area contributed by atoms with Crippen LogP contribution in [0.5, 0.6) is 5.75 Å². The number of pyridine rings is 1. The number of ether oxygens (including phenoxy) is 1. The molecule has 0 aliphatic heterocycles. The zero-order chi connectivity index (χ0) is 19.8. The summed E-state index contributed by atoms with van der Waals surface area (Å²) in [5, 5.41) is 5.91. The summed E-state index contributed by atoms with van der Waals surface area (Å²) in [7, 11) is 0. The Morgan fingerprint density at radius 1 is 1.07 bits per heavy atom. The van der Waals surface area contributed by atoms with Gasteiger partial charge in [-0.3, -0.25) is 14.6 Å². The van der Waals surface area contributed by atoms with Gasteiger partial charge in [-0.2, -0.15) is 0 Å². The quantitative estimate of drug-likeness (QED) is 0.736. The predicted molar refractivity (Wildman–Crippen MR) is 109 cm³/mol. The van der Waals surface area contributed by atoms with Crippen LogP contribution in [0.4, 0.5) is 5.69 Å². The molecule has 0 atom stereocenters. The number of benzene rings is 1. The Morgan fingerprint density at radius 3 is 2.57 bits per heavy atom. The minimum atomic E-state index is -0.307. The number of nitrogens with zero attached hydrogens (tertiary/aromatic N) is 1. The maximum Gasteiger partial charge on any atom is 0.270 e. The molecule has 0 unspecified atom stereocenters. The second kappa shape index (κ2) is 9.88.